The summed E-state index contributed by atoms with van der Waals surface area (Å²) in [4.78, 5) is 15.6. The van der Waals surface area contributed by atoms with Crippen LogP contribution >= 0.6 is 0 Å². The summed E-state index contributed by atoms with van der Waals surface area (Å²) in [6, 6.07) is 16.2. The van der Waals surface area contributed by atoms with Crippen LogP contribution in [0.25, 0.3) is 10.9 Å². The second-order valence-electron chi connectivity index (χ2n) is 6.16. The molecule has 2 aromatic carbocycles. The van der Waals surface area contributed by atoms with Gasteiger partial charge in [0.05, 0.1) is 5.92 Å². The van der Waals surface area contributed by atoms with Gasteiger partial charge in [0.1, 0.15) is 0 Å². The van der Waals surface area contributed by atoms with Crippen molar-refractivity contribution in [3.8, 4) is 0 Å². The van der Waals surface area contributed by atoms with Crippen molar-refractivity contribution in [2.75, 3.05) is 5.32 Å². The Morgan fingerprint density at radius 3 is 2.83 bits per heavy atom. The average molecular weight is 317 g/mol. The lowest BCUT2D eigenvalue weighted by Gasteiger charge is -2.24. The molecule has 4 rings (SSSR count). The maximum absolute atomic E-state index is 12.4. The molecule has 1 aliphatic heterocycles. The van der Waals surface area contributed by atoms with Gasteiger partial charge in [-0.25, -0.2) is 0 Å². The Morgan fingerprint density at radius 1 is 1.08 bits per heavy atom. The van der Waals surface area contributed by atoms with Crippen LogP contribution in [0.2, 0.25) is 0 Å². The minimum absolute atomic E-state index is 0.0408. The molecule has 1 aromatic heterocycles. The molecule has 24 heavy (non-hydrogen) atoms. The SMILES string of the molecule is Cc1ccccc1NC1=CNC(=O)C(c2cccc3[nH]ccc23)C1. The summed E-state index contributed by atoms with van der Waals surface area (Å²) in [7, 11) is 0. The fourth-order valence-corrected chi connectivity index (χ4v) is 3.27. The van der Waals surface area contributed by atoms with Crippen molar-refractivity contribution < 1.29 is 4.79 Å². The number of fused-ring (bicyclic) bond motifs is 1. The third-order valence-corrected chi connectivity index (χ3v) is 4.57. The van der Waals surface area contributed by atoms with E-state index in [1.54, 1.807) is 6.20 Å². The molecule has 0 aliphatic carbocycles. The van der Waals surface area contributed by atoms with Gasteiger partial charge < -0.3 is 15.6 Å². The Bertz CT molecular complexity index is 939. The zero-order chi connectivity index (χ0) is 16.5. The van der Waals surface area contributed by atoms with Crippen molar-refractivity contribution in [3.05, 3.63) is 77.8 Å². The molecule has 0 saturated carbocycles. The van der Waals surface area contributed by atoms with Crippen LogP contribution in [0.5, 0.6) is 0 Å². The molecule has 0 fully saturated rings. The third-order valence-electron chi connectivity index (χ3n) is 4.57. The van der Waals surface area contributed by atoms with Gasteiger partial charge in [-0.15, -0.1) is 0 Å². The highest BCUT2D eigenvalue weighted by Crippen LogP contribution is 2.32. The molecule has 3 aromatic rings. The van der Waals surface area contributed by atoms with Crippen LogP contribution in [-0.4, -0.2) is 10.9 Å². The smallest absolute Gasteiger partial charge is 0.231 e. The first-order valence-corrected chi connectivity index (χ1v) is 8.10. The Hall–Kier alpha value is -3.01. The maximum atomic E-state index is 12.4. The van der Waals surface area contributed by atoms with E-state index >= 15 is 0 Å². The third kappa shape index (κ3) is 2.56. The number of amides is 1. The molecular weight excluding hydrogens is 298 g/mol. The highest BCUT2D eigenvalue weighted by Gasteiger charge is 2.27. The molecule has 1 unspecified atom stereocenters. The standard InChI is InChI=1S/C20H19N3O/c1-13-5-2-3-7-18(13)23-14-11-17(20(24)22-12-14)15-6-4-8-19-16(15)9-10-21-19/h2-10,12,17,21,23H,11H2,1H3,(H,22,24). The van der Waals surface area contributed by atoms with Gasteiger partial charge in [0, 0.05) is 41.1 Å². The number of nitrogens with one attached hydrogen (secondary N) is 3. The van der Waals surface area contributed by atoms with Crippen molar-refractivity contribution in [3.63, 3.8) is 0 Å². The van der Waals surface area contributed by atoms with Gasteiger partial charge in [0.15, 0.2) is 0 Å². The number of H-pyrrole nitrogens is 1. The molecule has 1 atom stereocenters. The number of aromatic amines is 1. The highest BCUT2D eigenvalue weighted by molar-refractivity contribution is 5.93. The molecule has 0 bridgehead atoms. The monoisotopic (exact) mass is 317 g/mol. The van der Waals surface area contributed by atoms with Crippen LogP contribution in [-0.2, 0) is 4.79 Å². The maximum Gasteiger partial charge on any atom is 0.231 e. The van der Waals surface area contributed by atoms with Gasteiger partial charge in [-0.3, -0.25) is 4.79 Å². The number of aromatic nitrogens is 1. The van der Waals surface area contributed by atoms with E-state index in [0.29, 0.717) is 6.42 Å². The molecule has 4 heteroatoms. The van der Waals surface area contributed by atoms with Crippen LogP contribution < -0.4 is 10.6 Å². The summed E-state index contributed by atoms with van der Waals surface area (Å²) in [6.07, 6.45) is 4.35. The second-order valence-corrected chi connectivity index (χ2v) is 6.16. The van der Waals surface area contributed by atoms with Gasteiger partial charge in [-0.05, 0) is 36.2 Å². The number of anilines is 1. The molecule has 4 nitrogen and oxygen atoms in total. The van der Waals surface area contributed by atoms with E-state index in [9.17, 15) is 4.79 Å². The summed E-state index contributed by atoms with van der Waals surface area (Å²) in [6.45, 7) is 2.07. The van der Waals surface area contributed by atoms with Crippen molar-refractivity contribution >= 4 is 22.5 Å². The van der Waals surface area contributed by atoms with E-state index in [1.165, 1.54) is 5.56 Å². The van der Waals surface area contributed by atoms with Gasteiger partial charge in [0.2, 0.25) is 5.91 Å². The molecule has 1 amide bonds. The summed E-state index contributed by atoms with van der Waals surface area (Å²) in [5, 5.41) is 7.46. The van der Waals surface area contributed by atoms with E-state index in [-0.39, 0.29) is 11.8 Å². The fraction of sp³-hybridized carbons (Fsp3) is 0.150. The topological polar surface area (TPSA) is 56.9 Å². The average Bonchev–Trinajstić information content (AvgIpc) is 3.07. The first-order valence-electron chi connectivity index (χ1n) is 8.10. The van der Waals surface area contributed by atoms with Gasteiger partial charge in [0.25, 0.3) is 0 Å². The minimum Gasteiger partial charge on any atom is -0.361 e. The summed E-state index contributed by atoms with van der Waals surface area (Å²) in [5.41, 5.74) is 5.38. The van der Waals surface area contributed by atoms with Crippen molar-refractivity contribution in [2.24, 2.45) is 0 Å². The number of carbonyl (C=O) groups excluding carboxylic acids is 1. The first-order chi connectivity index (χ1) is 11.7. The number of benzene rings is 2. The number of aryl methyl sites for hydroxylation is 1. The zero-order valence-electron chi connectivity index (χ0n) is 13.5. The highest BCUT2D eigenvalue weighted by atomic mass is 16.1. The molecule has 0 spiro atoms. The largest absolute Gasteiger partial charge is 0.361 e. The Labute approximate surface area is 140 Å². The number of carbonyl (C=O) groups is 1. The van der Waals surface area contributed by atoms with Crippen molar-refractivity contribution in [2.45, 2.75) is 19.3 Å². The minimum atomic E-state index is -0.194. The number of hydrogen-bond acceptors (Lipinski definition) is 2. The fourth-order valence-electron chi connectivity index (χ4n) is 3.27. The number of hydrogen-bond donors (Lipinski definition) is 3. The number of rotatable bonds is 3. The molecule has 120 valence electrons. The van der Waals surface area contributed by atoms with E-state index in [0.717, 1.165) is 27.9 Å². The lowest BCUT2D eigenvalue weighted by molar-refractivity contribution is -0.122. The summed E-state index contributed by atoms with van der Waals surface area (Å²) >= 11 is 0. The number of allylic oxidation sites excluding steroid dienone is 1. The predicted octanol–water partition coefficient (Wildman–Crippen LogP) is 4.03. The second kappa shape index (κ2) is 5.89. The van der Waals surface area contributed by atoms with E-state index in [2.05, 4.69) is 34.7 Å². The predicted molar refractivity (Wildman–Crippen MR) is 96.7 cm³/mol. The molecule has 3 N–H and O–H groups in total. The van der Waals surface area contributed by atoms with Crippen LogP contribution in [0.4, 0.5) is 5.69 Å². The van der Waals surface area contributed by atoms with Crippen molar-refractivity contribution in [1.29, 1.82) is 0 Å². The van der Waals surface area contributed by atoms with Crippen LogP contribution in [0.1, 0.15) is 23.5 Å². The molecule has 0 radical (unpaired) electrons. The molecule has 2 heterocycles. The van der Waals surface area contributed by atoms with Crippen LogP contribution in [0.3, 0.4) is 0 Å². The lowest BCUT2D eigenvalue weighted by atomic mass is 9.89. The lowest BCUT2D eigenvalue weighted by Crippen LogP contribution is -2.31. The summed E-state index contributed by atoms with van der Waals surface area (Å²) < 4.78 is 0. The van der Waals surface area contributed by atoms with Gasteiger partial charge in [-0.2, -0.15) is 0 Å². The van der Waals surface area contributed by atoms with E-state index in [4.69, 9.17) is 0 Å². The molecule has 1 aliphatic rings. The Balaban J connectivity index is 1.64. The van der Waals surface area contributed by atoms with Gasteiger partial charge >= 0.3 is 0 Å². The Morgan fingerprint density at radius 2 is 1.96 bits per heavy atom. The van der Waals surface area contributed by atoms with Gasteiger partial charge in [-0.1, -0.05) is 30.3 Å². The number of para-hydroxylation sites is 1. The molecule has 0 saturated heterocycles. The van der Waals surface area contributed by atoms with Crippen LogP contribution in [0, 0.1) is 6.92 Å². The quantitative estimate of drug-likeness (QED) is 0.683. The molecular formula is C20H19N3O. The normalized spacial score (nSPS) is 17.5. The van der Waals surface area contributed by atoms with E-state index < -0.39 is 0 Å². The van der Waals surface area contributed by atoms with Crippen LogP contribution in [0.15, 0.2) is 66.6 Å². The van der Waals surface area contributed by atoms with Crippen molar-refractivity contribution in [1.82, 2.24) is 10.3 Å². The zero-order valence-corrected chi connectivity index (χ0v) is 13.5. The summed E-state index contributed by atoms with van der Waals surface area (Å²) in [5.74, 6) is -0.153. The first kappa shape index (κ1) is 14.6. The Kier molecular flexibility index (Phi) is 3.58. The van der Waals surface area contributed by atoms with E-state index in [1.807, 2.05) is 42.6 Å².